The van der Waals surface area contributed by atoms with Crippen LogP contribution in [0.1, 0.15) is 23.8 Å². The van der Waals surface area contributed by atoms with Gasteiger partial charge in [0.15, 0.2) is 5.84 Å². The van der Waals surface area contributed by atoms with Crippen LogP contribution in [0.4, 0.5) is 4.39 Å². The molecule has 4 N–H and O–H groups in total. The quantitative estimate of drug-likeness (QED) is 0.330. The van der Waals surface area contributed by atoms with E-state index < -0.39 is 5.82 Å². The largest absolute Gasteiger partial charge is 0.469 e. The van der Waals surface area contributed by atoms with E-state index >= 15 is 0 Å². The normalized spacial score (nSPS) is 13.3. The smallest absolute Gasteiger partial charge is 0.170 e. The van der Waals surface area contributed by atoms with Gasteiger partial charge in [0.1, 0.15) is 11.6 Å². The number of nitrogens with one attached hydrogen (secondary N) is 1. The lowest BCUT2D eigenvalue weighted by molar-refractivity contribution is 0.318. The molecular formula is C15H18FN3O2. The Hall–Kier alpha value is -2.34. The van der Waals surface area contributed by atoms with Gasteiger partial charge in [0.2, 0.25) is 0 Å². The van der Waals surface area contributed by atoms with Gasteiger partial charge in [-0.05, 0) is 25.1 Å². The number of amidine groups is 1. The first-order valence-corrected chi connectivity index (χ1v) is 6.62. The molecule has 2 rings (SSSR count). The van der Waals surface area contributed by atoms with Crippen LogP contribution in [0.2, 0.25) is 0 Å². The van der Waals surface area contributed by atoms with Crippen LogP contribution in [0.3, 0.4) is 0 Å². The van der Waals surface area contributed by atoms with E-state index in [0.717, 1.165) is 12.2 Å². The van der Waals surface area contributed by atoms with Crippen molar-refractivity contribution in [2.75, 3.05) is 0 Å². The van der Waals surface area contributed by atoms with E-state index in [0.29, 0.717) is 17.7 Å². The van der Waals surface area contributed by atoms with Crippen LogP contribution in [0.15, 0.2) is 46.2 Å². The van der Waals surface area contributed by atoms with Gasteiger partial charge in [-0.1, -0.05) is 17.3 Å². The fraction of sp³-hybridized carbons (Fsp3) is 0.267. The summed E-state index contributed by atoms with van der Waals surface area (Å²) in [7, 11) is 0. The summed E-state index contributed by atoms with van der Waals surface area (Å²) in [5, 5.41) is 14.6. The van der Waals surface area contributed by atoms with Crippen LogP contribution in [0, 0.1) is 5.82 Å². The number of nitrogens with two attached hydrogens (primary N) is 1. The summed E-state index contributed by atoms with van der Waals surface area (Å²) in [6.07, 6.45) is 2.37. The van der Waals surface area contributed by atoms with Gasteiger partial charge in [0, 0.05) is 30.1 Å². The van der Waals surface area contributed by atoms with Crippen molar-refractivity contribution in [2.24, 2.45) is 10.9 Å². The van der Waals surface area contributed by atoms with Crippen molar-refractivity contribution in [3.05, 3.63) is 59.3 Å². The maximum absolute atomic E-state index is 13.9. The third-order valence-corrected chi connectivity index (χ3v) is 3.19. The highest BCUT2D eigenvalue weighted by molar-refractivity contribution is 5.97. The van der Waals surface area contributed by atoms with Gasteiger partial charge in [0.25, 0.3) is 0 Å². The Balaban J connectivity index is 1.94. The Morgan fingerprint density at radius 1 is 1.48 bits per heavy atom. The molecule has 0 aliphatic heterocycles. The molecule has 0 bridgehead atoms. The Morgan fingerprint density at radius 2 is 2.29 bits per heavy atom. The van der Waals surface area contributed by atoms with Gasteiger partial charge >= 0.3 is 0 Å². The summed E-state index contributed by atoms with van der Waals surface area (Å²) in [6, 6.07) is 8.39. The van der Waals surface area contributed by atoms with Crippen LogP contribution in [-0.2, 0) is 13.0 Å². The monoisotopic (exact) mass is 291 g/mol. The highest BCUT2D eigenvalue weighted by Gasteiger charge is 2.09. The molecule has 5 nitrogen and oxygen atoms in total. The standard InChI is InChI=1S/C15H18FN3O2/c1-10(7-13-3-2-6-21-13)18-9-12-5-4-11(8-14(12)16)15(17)19-20/h2-6,8,10,18,20H,7,9H2,1H3,(H2,17,19). The topological polar surface area (TPSA) is 83.8 Å². The molecule has 0 aliphatic carbocycles. The Labute approximate surface area is 122 Å². The zero-order valence-electron chi connectivity index (χ0n) is 11.7. The lowest BCUT2D eigenvalue weighted by Crippen LogP contribution is -2.27. The Bertz CT molecular complexity index is 611. The van der Waals surface area contributed by atoms with Crippen molar-refractivity contribution in [2.45, 2.75) is 25.9 Å². The molecule has 1 unspecified atom stereocenters. The molecule has 0 saturated carbocycles. The van der Waals surface area contributed by atoms with Crippen LogP contribution in [0.25, 0.3) is 0 Å². The number of furan rings is 1. The molecule has 1 heterocycles. The van der Waals surface area contributed by atoms with Crippen molar-refractivity contribution < 1.29 is 14.0 Å². The predicted molar refractivity (Wildman–Crippen MR) is 77.6 cm³/mol. The van der Waals surface area contributed by atoms with E-state index in [1.165, 1.54) is 6.07 Å². The zero-order chi connectivity index (χ0) is 15.2. The lowest BCUT2D eigenvalue weighted by Gasteiger charge is -2.13. The molecule has 0 amide bonds. The second kappa shape index (κ2) is 6.90. The number of oxime groups is 1. The van der Waals surface area contributed by atoms with Crippen molar-refractivity contribution in [1.82, 2.24) is 5.32 Å². The maximum atomic E-state index is 13.9. The van der Waals surface area contributed by atoms with Gasteiger partial charge in [-0.3, -0.25) is 0 Å². The first-order valence-electron chi connectivity index (χ1n) is 6.62. The number of hydrogen-bond acceptors (Lipinski definition) is 4. The van der Waals surface area contributed by atoms with E-state index in [9.17, 15) is 4.39 Å². The number of rotatable bonds is 6. The molecule has 0 fully saturated rings. The first kappa shape index (κ1) is 15.1. The summed E-state index contributed by atoms with van der Waals surface area (Å²) in [4.78, 5) is 0. The molecule has 0 saturated heterocycles. The van der Waals surface area contributed by atoms with Crippen molar-refractivity contribution in [3.63, 3.8) is 0 Å². The van der Waals surface area contributed by atoms with Gasteiger partial charge < -0.3 is 20.7 Å². The first-order chi connectivity index (χ1) is 10.1. The number of hydrogen-bond donors (Lipinski definition) is 3. The van der Waals surface area contributed by atoms with Gasteiger partial charge in [-0.2, -0.15) is 0 Å². The van der Waals surface area contributed by atoms with Crippen molar-refractivity contribution in [3.8, 4) is 0 Å². The van der Waals surface area contributed by atoms with E-state index in [4.69, 9.17) is 15.4 Å². The van der Waals surface area contributed by atoms with Crippen LogP contribution < -0.4 is 11.1 Å². The second-order valence-electron chi connectivity index (χ2n) is 4.86. The molecule has 0 radical (unpaired) electrons. The Morgan fingerprint density at radius 3 is 2.90 bits per heavy atom. The minimum absolute atomic E-state index is 0.111. The summed E-state index contributed by atoms with van der Waals surface area (Å²) < 4.78 is 19.2. The SMILES string of the molecule is CC(Cc1ccco1)NCc1ccc(C(N)=NO)cc1F. The third kappa shape index (κ3) is 4.06. The van der Waals surface area contributed by atoms with Crippen LogP contribution >= 0.6 is 0 Å². The van der Waals surface area contributed by atoms with Crippen LogP contribution in [-0.4, -0.2) is 17.1 Å². The maximum Gasteiger partial charge on any atom is 0.170 e. The highest BCUT2D eigenvalue weighted by Crippen LogP contribution is 2.11. The average Bonchev–Trinajstić information content (AvgIpc) is 2.98. The summed E-state index contributed by atoms with van der Waals surface area (Å²) in [5.41, 5.74) is 6.29. The molecule has 1 aromatic carbocycles. The fourth-order valence-corrected chi connectivity index (χ4v) is 1.99. The van der Waals surface area contributed by atoms with E-state index in [1.807, 2.05) is 19.1 Å². The van der Waals surface area contributed by atoms with E-state index in [1.54, 1.807) is 18.4 Å². The van der Waals surface area contributed by atoms with E-state index in [-0.39, 0.29) is 11.9 Å². The molecule has 1 aromatic heterocycles. The molecule has 1 atom stereocenters. The Kier molecular flexibility index (Phi) is 4.94. The fourth-order valence-electron chi connectivity index (χ4n) is 1.99. The second-order valence-corrected chi connectivity index (χ2v) is 4.86. The van der Waals surface area contributed by atoms with Crippen LogP contribution in [0.5, 0.6) is 0 Å². The lowest BCUT2D eigenvalue weighted by atomic mass is 10.1. The zero-order valence-corrected chi connectivity index (χ0v) is 11.7. The van der Waals surface area contributed by atoms with Gasteiger partial charge in [0.05, 0.1) is 6.26 Å². The minimum atomic E-state index is -0.392. The molecule has 0 aliphatic rings. The number of benzene rings is 1. The minimum Gasteiger partial charge on any atom is -0.469 e. The molecule has 0 spiro atoms. The number of halogens is 1. The summed E-state index contributed by atoms with van der Waals surface area (Å²) in [5.74, 6) is 0.383. The molecular weight excluding hydrogens is 273 g/mol. The molecule has 112 valence electrons. The molecule has 6 heteroatoms. The molecule has 2 aromatic rings. The average molecular weight is 291 g/mol. The summed E-state index contributed by atoms with van der Waals surface area (Å²) >= 11 is 0. The van der Waals surface area contributed by atoms with Gasteiger partial charge in [-0.15, -0.1) is 0 Å². The summed E-state index contributed by atoms with van der Waals surface area (Å²) in [6.45, 7) is 2.40. The predicted octanol–water partition coefficient (Wildman–Crippen LogP) is 2.23. The van der Waals surface area contributed by atoms with Crippen molar-refractivity contribution >= 4 is 5.84 Å². The third-order valence-electron chi connectivity index (χ3n) is 3.19. The highest BCUT2D eigenvalue weighted by atomic mass is 19.1. The van der Waals surface area contributed by atoms with Crippen molar-refractivity contribution in [1.29, 1.82) is 0 Å². The molecule has 21 heavy (non-hydrogen) atoms. The van der Waals surface area contributed by atoms with E-state index in [2.05, 4.69) is 10.5 Å². The van der Waals surface area contributed by atoms with Gasteiger partial charge in [-0.25, -0.2) is 4.39 Å². The number of nitrogens with zero attached hydrogens (tertiary/aromatic N) is 1.